The SMILES string of the molecule is CCn1c2c(c3cc(S(=O)(=O)c4ccccc4)ccc31)C1CCC(C2)N1. The summed E-state index contributed by atoms with van der Waals surface area (Å²) in [4.78, 5) is 0.731. The van der Waals surface area contributed by atoms with Gasteiger partial charge in [-0.2, -0.15) is 0 Å². The second kappa shape index (κ2) is 5.69. The third-order valence-electron chi connectivity index (χ3n) is 5.89. The average molecular weight is 366 g/mol. The Morgan fingerprint density at radius 1 is 1.08 bits per heavy atom. The molecule has 2 aliphatic heterocycles. The number of nitrogens with one attached hydrogen (secondary N) is 1. The molecule has 5 rings (SSSR count). The van der Waals surface area contributed by atoms with Gasteiger partial charge in [0.25, 0.3) is 0 Å². The fourth-order valence-electron chi connectivity index (χ4n) is 4.73. The summed E-state index contributed by atoms with van der Waals surface area (Å²) < 4.78 is 28.5. The van der Waals surface area contributed by atoms with Crippen molar-refractivity contribution in [2.75, 3.05) is 0 Å². The molecule has 3 aromatic rings. The van der Waals surface area contributed by atoms with Crippen molar-refractivity contribution in [3.8, 4) is 0 Å². The van der Waals surface area contributed by atoms with E-state index in [1.807, 2.05) is 18.2 Å². The van der Waals surface area contributed by atoms with E-state index in [0.29, 0.717) is 21.9 Å². The van der Waals surface area contributed by atoms with Crippen molar-refractivity contribution in [3.05, 3.63) is 59.8 Å². The zero-order valence-corrected chi connectivity index (χ0v) is 15.6. The fraction of sp³-hybridized carbons (Fsp3) is 0.333. The normalized spacial score (nSPS) is 21.9. The zero-order valence-electron chi connectivity index (χ0n) is 14.8. The number of aryl methyl sites for hydroxylation is 1. The van der Waals surface area contributed by atoms with Gasteiger partial charge in [0.1, 0.15) is 0 Å². The van der Waals surface area contributed by atoms with Crippen LogP contribution in [0.5, 0.6) is 0 Å². The molecule has 2 atom stereocenters. The van der Waals surface area contributed by atoms with E-state index in [9.17, 15) is 8.42 Å². The van der Waals surface area contributed by atoms with E-state index < -0.39 is 9.84 Å². The third-order valence-corrected chi connectivity index (χ3v) is 7.66. The van der Waals surface area contributed by atoms with Gasteiger partial charge >= 0.3 is 0 Å². The summed E-state index contributed by atoms with van der Waals surface area (Å²) in [7, 11) is -3.50. The van der Waals surface area contributed by atoms with E-state index in [1.54, 1.807) is 30.3 Å². The highest BCUT2D eigenvalue weighted by atomic mass is 32.2. The molecular weight excluding hydrogens is 344 g/mol. The molecule has 1 N–H and O–H groups in total. The van der Waals surface area contributed by atoms with Crippen LogP contribution in [0.25, 0.3) is 10.9 Å². The smallest absolute Gasteiger partial charge is 0.206 e. The number of hydrogen-bond donors (Lipinski definition) is 1. The molecule has 2 unspecified atom stereocenters. The number of benzene rings is 2. The summed E-state index contributed by atoms with van der Waals surface area (Å²) in [5, 5.41) is 4.80. The molecular formula is C21H22N2O2S. The van der Waals surface area contributed by atoms with Crippen molar-refractivity contribution in [2.45, 2.75) is 54.6 Å². The summed E-state index contributed by atoms with van der Waals surface area (Å²) >= 11 is 0. The summed E-state index contributed by atoms with van der Waals surface area (Å²) in [5.74, 6) is 0. The molecule has 2 aromatic carbocycles. The molecule has 1 saturated heterocycles. The van der Waals surface area contributed by atoms with Crippen LogP contribution in [0.2, 0.25) is 0 Å². The van der Waals surface area contributed by atoms with Crippen LogP contribution in [0, 0.1) is 0 Å². The van der Waals surface area contributed by atoms with E-state index in [2.05, 4.69) is 16.8 Å². The maximum absolute atomic E-state index is 13.1. The van der Waals surface area contributed by atoms with Gasteiger partial charge in [-0.05, 0) is 55.7 Å². The van der Waals surface area contributed by atoms with Crippen molar-refractivity contribution in [3.63, 3.8) is 0 Å². The molecule has 3 heterocycles. The monoisotopic (exact) mass is 366 g/mol. The van der Waals surface area contributed by atoms with E-state index >= 15 is 0 Å². The molecule has 2 bridgehead atoms. The molecule has 2 aliphatic rings. The number of nitrogens with zero attached hydrogens (tertiary/aromatic N) is 1. The third kappa shape index (κ3) is 2.20. The molecule has 4 nitrogen and oxygen atoms in total. The lowest BCUT2D eigenvalue weighted by molar-refractivity contribution is 0.498. The molecule has 0 spiro atoms. The Bertz CT molecular complexity index is 1100. The van der Waals surface area contributed by atoms with Crippen LogP contribution in [-0.2, 0) is 22.8 Å². The second-order valence-electron chi connectivity index (χ2n) is 7.30. The average Bonchev–Trinajstić information content (AvgIpc) is 3.20. The van der Waals surface area contributed by atoms with Crippen molar-refractivity contribution < 1.29 is 8.42 Å². The minimum absolute atomic E-state index is 0.349. The van der Waals surface area contributed by atoms with Crippen molar-refractivity contribution in [1.29, 1.82) is 0 Å². The molecule has 1 fully saturated rings. The van der Waals surface area contributed by atoms with E-state index in [-0.39, 0.29) is 0 Å². The topological polar surface area (TPSA) is 51.1 Å². The lowest BCUT2D eigenvalue weighted by atomic mass is 9.99. The quantitative estimate of drug-likeness (QED) is 0.766. The highest BCUT2D eigenvalue weighted by Gasteiger charge is 2.36. The zero-order chi connectivity index (χ0) is 17.9. The standard InChI is InChI=1S/C21H22N2O2S/c1-2-23-19-11-9-16(26(24,25)15-6-4-3-5-7-15)13-17(19)21-18-10-8-14(22-18)12-20(21)23/h3-7,9,11,13-14,18,22H,2,8,10,12H2,1H3. The summed E-state index contributed by atoms with van der Waals surface area (Å²) in [6, 6.07) is 15.3. The van der Waals surface area contributed by atoms with Crippen LogP contribution in [-0.4, -0.2) is 19.0 Å². The predicted molar refractivity (Wildman–Crippen MR) is 102 cm³/mol. The molecule has 26 heavy (non-hydrogen) atoms. The molecule has 5 heteroatoms. The van der Waals surface area contributed by atoms with Crippen LogP contribution in [0.3, 0.4) is 0 Å². The van der Waals surface area contributed by atoms with Gasteiger partial charge in [-0.25, -0.2) is 8.42 Å². The molecule has 134 valence electrons. The van der Waals surface area contributed by atoms with E-state index in [1.165, 1.54) is 17.7 Å². The van der Waals surface area contributed by atoms with Crippen LogP contribution in [0.1, 0.15) is 37.1 Å². The van der Waals surface area contributed by atoms with Crippen LogP contribution in [0.15, 0.2) is 58.3 Å². The largest absolute Gasteiger partial charge is 0.344 e. The lowest BCUT2D eigenvalue weighted by Crippen LogP contribution is -2.32. The Balaban J connectivity index is 1.74. The molecule has 0 saturated carbocycles. The molecule has 0 radical (unpaired) electrons. The maximum atomic E-state index is 13.1. The Morgan fingerprint density at radius 3 is 2.65 bits per heavy atom. The van der Waals surface area contributed by atoms with Crippen LogP contribution >= 0.6 is 0 Å². The first-order chi connectivity index (χ1) is 12.6. The summed E-state index contributed by atoms with van der Waals surface area (Å²) in [6.07, 6.45) is 3.37. The Labute approximate surface area is 153 Å². The summed E-state index contributed by atoms with van der Waals surface area (Å²) in [6.45, 7) is 3.08. The predicted octanol–water partition coefficient (Wildman–Crippen LogP) is 3.84. The van der Waals surface area contributed by atoms with Gasteiger partial charge < -0.3 is 9.88 Å². The first-order valence-corrected chi connectivity index (χ1v) is 10.8. The fourth-order valence-corrected chi connectivity index (χ4v) is 6.03. The minimum Gasteiger partial charge on any atom is -0.344 e. The number of hydrogen-bond acceptors (Lipinski definition) is 3. The Kier molecular flexibility index (Phi) is 3.52. The van der Waals surface area contributed by atoms with Gasteiger partial charge in [0.05, 0.1) is 9.79 Å². The number of aromatic nitrogens is 1. The molecule has 0 aliphatic carbocycles. The van der Waals surface area contributed by atoms with Gasteiger partial charge in [-0.15, -0.1) is 0 Å². The Hall–Kier alpha value is -2.11. The van der Waals surface area contributed by atoms with Crippen molar-refractivity contribution >= 4 is 20.7 Å². The van der Waals surface area contributed by atoms with Gasteiger partial charge in [0.15, 0.2) is 0 Å². The first kappa shape index (κ1) is 16.1. The number of fused-ring (bicyclic) bond motifs is 6. The number of rotatable bonds is 3. The van der Waals surface area contributed by atoms with Crippen molar-refractivity contribution in [1.82, 2.24) is 9.88 Å². The second-order valence-corrected chi connectivity index (χ2v) is 9.25. The van der Waals surface area contributed by atoms with E-state index in [0.717, 1.165) is 30.3 Å². The first-order valence-electron chi connectivity index (χ1n) is 9.31. The summed E-state index contributed by atoms with van der Waals surface area (Å²) in [5.41, 5.74) is 3.86. The van der Waals surface area contributed by atoms with Gasteiger partial charge in [0, 0.05) is 41.6 Å². The van der Waals surface area contributed by atoms with Crippen LogP contribution in [0.4, 0.5) is 0 Å². The van der Waals surface area contributed by atoms with E-state index in [4.69, 9.17) is 0 Å². The highest BCUT2D eigenvalue weighted by molar-refractivity contribution is 7.91. The van der Waals surface area contributed by atoms with Gasteiger partial charge in [0.2, 0.25) is 9.84 Å². The van der Waals surface area contributed by atoms with Crippen LogP contribution < -0.4 is 5.32 Å². The molecule has 1 aromatic heterocycles. The minimum atomic E-state index is -3.50. The lowest BCUT2D eigenvalue weighted by Gasteiger charge is -2.23. The van der Waals surface area contributed by atoms with Gasteiger partial charge in [-0.3, -0.25) is 0 Å². The molecule has 0 amide bonds. The van der Waals surface area contributed by atoms with Gasteiger partial charge in [-0.1, -0.05) is 18.2 Å². The van der Waals surface area contributed by atoms with Crippen molar-refractivity contribution in [2.24, 2.45) is 0 Å². The highest BCUT2D eigenvalue weighted by Crippen LogP contribution is 2.42. The Morgan fingerprint density at radius 2 is 1.88 bits per heavy atom. The maximum Gasteiger partial charge on any atom is 0.206 e. The number of sulfone groups is 1.